The number of hydrogen-bond donors (Lipinski definition) is 1. The molecule has 1 N–H and O–H groups in total. The van der Waals surface area contributed by atoms with E-state index in [4.69, 9.17) is 11.9 Å². The van der Waals surface area contributed by atoms with Crippen molar-refractivity contribution in [1.29, 1.82) is 0 Å². The van der Waals surface area contributed by atoms with Crippen molar-refractivity contribution < 1.29 is 14.2 Å². The number of aliphatic hydroxyl groups is 1. The summed E-state index contributed by atoms with van der Waals surface area (Å²) in [6.45, 7) is 2.10. The van der Waals surface area contributed by atoms with Gasteiger partial charge in [0.15, 0.2) is 0 Å². The first kappa shape index (κ1) is 13.7. The molecule has 14 heavy (non-hydrogen) atoms. The molecule has 0 bridgehead atoms. The molecule has 0 aromatic carbocycles. The van der Waals surface area contributed by atoms with E-state index >= 15 is 0 Å². The fourth-order valence-corrected chi connectivity index (χ4v) is 1.35. The number of hydrogen-bond acceptors (Lipinski definition) is 3. The number of halogens is 1. The Labute approximate surface area is 90.6 Å². The first-order valence-corrected chi connectivity index (χ1v) is 5.51. The molecular weight excluding hydrogens is 204 g/mol. The number of rotatable bonds is 8. The molecule has 0 amide bonds. The number of carbonyl (C=O) groups is 1. The maximum absolute atomic E-state index is 10.6. The van der Waals surface area contributed by atoms with E-state index in [1.54, 1.807) is 0 Å². The van der Waals surface area contributed by atoms with E-state index in [0.717, 1.165) is 38.5 Å². The van der Waals surface area contributed by atoms with Crippen LogP contribution in [0.15, 0.2) is 0 Å². The lowest BCUT2D eigenvalue weighted by Crippen LogP contribution is -2.06. The van der Waals surface area contributed by atoms with Crippen LogP contribution in [0, 0.1) is 0 Å². The topological polar surface area (TPSA) is 46.5 Å². The van der Waals surface area contributed by atoms with Gasteiger partial charge in [0.1, 0.15) is 11.9 Å². The van der Waals surface area contributed by atoms with E-state index < -0.39 is 5.97 Å². The van der Waals surface area contributed by atoms with Crippen molar-refractivity contribution in [2.24, 2.45) is 0 Å². The van der Waals surface area contributed by atoms with Gasteiger partial charge in [-0.25, -0.2) is 0 Å². The van der Waals surface area contributed by atoms with Crippen LogP contribution in [0.4, 0.5) is 0 Å². The van der Waals surface area contributed by atoms with Crippen molar-refractivity contribution in [3.05, 3.63) is 0 Å². The van der Waals surface area contributed by atoms with Gasteiger partial charge in [-0.2, -0.15) is 0 Å². The van der Waals surface area contributed by atoms with E-state index in [1.807, 2.05) is 0 Å². The minimum atomic E-state index is -0.394. The molecule has 0 aromatic rings. The van der Waals surface area contributed by atoms with Crippen molar-refractivity contribution in [2.75, 3.05) is 0 Å². The summed E-state index contributed by atoms with van der Waals surface area (Å²) in [6.07, 6.45) is 5.48. The highest BCUT2D eigenvalue weighted by molar-refractivity contribution is 6.13. The van der Waals surface area contributed by atoms with Crippen LogP contribution in [-0.4, -0.2) is 17.2 Å². The Bertz CT molecular complexity index is 150. The van der Waals surface area contributed by atoms with Crippen LogP contribution in [0.5, 0.6) is 0 Å². The lowest BCUT2D eigenvalue weighted by molar-refractivity contribution is -0.134. The molecule has 1 atom stereocenters. The van der Waals surface area contributed by atoms with Crippen LogP contribution in [0.3, 0.4) is 0 Å². The smallest absolute Gasteiger partial charge is 0.324 e. The molecule has 0 rings (SSSR count). The highest BCUT2D eigenvalue weighted by Gasteiger charge is 2.05. The summed E-state index contributed by atoms with van der Waals surface area (Å²) < 4.78 is 3.99. The molecule has 0 radical (unpaired) electrons. The SMILES string of the molecule is CCCCC(O)CCCCC(=O)OCl. The lowest BCUT2D eigenvalue weighted by atomic mass is 10.1. The minimum Gasteiger partial charge on any atom is -0.393 e. The maximum Gasteiger partial charge on any atom is 0.324 e. The number of aliphatic hydroxyl groups excluding tert-OH is 1. The molecule has 0 aliphatic carbocycles. The molecule has 84 valence electrons. The van der Waals surface area contributed by atoms with Crippen molar-refractivity contribution in [3.63, 3.8) is 0 Å². The zero-order chi connectivity index (χ0) is 10.8. The van der Waals surface area contributed by atoms with Crippen LogP contribution in [0.2, 0.25) is 0 Å². The number of unbranched alkanes of at least 4 members (excludes halogenated alkanes) is 2. The molecule has 0 aromatic heterocycles. The Morgan fingerprint density at radius 3 is 2.57 bits per heavy atom. The number of carbonyl (C=O) groups excluding carboxylic acids is 1. The molecule has 0 aliphatic rings. The molecule has 0 saturated heterocycles. The monoisotopic (exact) mass is 222 g/mol. The molecule has 0 aliphatic heterocycles. The second kappa shape index (κ2) is 9.28. The van der Waals surface area contributed by atoms with Gasteiger partial charge in [0.25, 0.3) is 0 Å². The van der Waals surface area contributed by atoms with Crippen molar-refractivity contribution >= 4 is 17.8 Å². The summed E-state index contributed by atoms with van der Waals surface area (Å²) in [5, 5.41) is 9.46. The summed E-state index contributed by atoms with van der Waals surface area (Å²) in [5.41, 5.74) is 0. The van der Waals surface area contributed by atoms with E-state index in [2.05, 4.69) is 11.2 Å². The van der Waals surface area contributed by atoms with Gasteiger partial charge >= 0.3 is 5.97 Å². The van der Waals surface area contributed by atoms with Gasteiger partial charge in [-0.3, -0.25) is 4.79 Å². The van der Waals surface area contributed by atoms with Gasteiger partial charge in [-0.15, -0.1) is 0 Å². The van der Waals surface area contributed by atoms with Gasteiger partial charge < -0.3 is 9.40 Å². The van der Waals surface area contributed by atoms with Gasteiger partial charge in [-0.05, 0) is 19.3 Å². The van der Waals surface area contributed by atoms with E-state index in [9.17, 15) is 9.90 Å². The van der Waals surface area contributed by atoms with Gasteiger partial charge in [0, 0.05) is 6.42 Å². The average Bonchev–Trinajstić information content (AvgIpc) is 2.21. The predicted molar refractivity (Wildman–Crippen MR) is 55.9 cm³/mol. The third kappa shape index (κ3) is 8.32. The molecule has 0 heterocycles. The van der Waals surface area contributed by atoms with E-state index in [-0.39, 0.29) is 6.10 Å². The van der Waals surface area contributed by atoms with Gasteiger partial charge in [0.05, 0.1) is 6.10 Å². The van der Waals surface area contributed by atoms with Crippen molar-refractivity contribution in [2.45, 2.75) is 58.0 Å². The first-order valence-electron chi connectivity index (χ1n) is 5.20. The Hall–Kier alpha value is -0.280. The second-order valence-electron chi connectivity index (χ2n) is 3.49. The summed E-state index contributed by atoms with van der Waals surface area (Å²) in [6, 6.07) is 0. The minimum absolute atomic E-state index is 0.220. The van der Waals surface area contributed by atoms with Crippen molar-refractivity contribution in [1.82, 2.24) is 0 Å². The average molecular weight is 223 g/mol. The van der Waals surface area contributed by atoms with E-state index in [1.165, 1.54) is 0 Å². The lowest BCUT2D eigenvalue weighted by Gasteiger charge is -2.08. The molecular formula is C10H19ClO3. The third-order valence-electron chi connectivity index (χ3n) is 2.15. The highest BCUT2D eigenvalue weighted by atomic mass is 35.5. The summed E-state index contributed by atoms with van der Waals surface area (Å²) >= 11 is 4.86. The van der Waals surface area contributed by atoms with Crippen LogP contribution < -0.4 is 0 Å². The summed E-state index contributed by atoms with van der Waals surface area (Å²) in [5.74, 6) is -0.394. The fourth-order valence-electron chi connectivity index (χ4n) is 1.27. The highest BCUT2D eigenvalue weighted by Crippen LogP contribution is 2.10. The molecule has 0 saturated carbocycles. The standard InChI is InChI=1S/C10H19ClO3/c1-2-3-6-9(12)7-4-5-8-10(13)14-11/h9,12H,2-8H2,1H3. The molecule has 0 fully saturated rings. The Kier molecular flexibility index (Phi) is 9.10. The molecule has 3 nitrogen and oxygen atoms in total. The zero-order valence-corrected chi connectivity index (χ0v) is 9.42. The quantitative estimate of drug-likeness (QED) is 0.643. The van der Waals surface area contributed by atoms with Gasteiger partial charge in [0.2, 0.25) is 0 Å². The van der Waals surface area contributed by atoms with Crippen LogP contribution >= 0.6 is 11.9 Å². The Morgan fingerprint density at radius 2 is 2.00 bits per heavy atom. The summed E-state index contributed by atoms with van der Waals surface area (Å²) in [7, 11) is 0. The maximum atomic E-state index is 10.6. The third-order valence-corrected chi connectivity index (χ3v) is 2.32. The Morgan fingerprint density at radius 1 is 1.36 bits per heavy atom. The Balaban J connectivity index is 3.22. The van der Waals surface area contributed by atoms with Crippen LogP contribution in [0.1, 0.15) is 51.9 Å². The molecule has 1 unspecified atom stereocenters. The van der Waals surface area contributed by atoms with Gasteiger partial charge in [-0.1, -0.05) is 26.2 Å². The molecule has 0 spiro atoms. The largest absolute Gasteiger partial charge is 0.393 e. The normalized spacial score (nSPS) is 12.5. The predicted octanol–water partition coefficient (Wildman–Crippen LogP) is 2.79. The van der Waals surface area contributed by atoms with Crippen LogP contribution in [0.25, 0.3) is 0 Å². The van der Waals surface area contributed by atoms with Crippen molar-refractivity contribution in [3.8, 4) is 0 Å². The fraction of sp³-hybridized carbons (Fsp3) is 0.900. The first-order chi connectivity index (χ1) is 6.70. The summed E-state index contributed by atoms with van der Waals surface area (Å²) in [4.78, 5) is 10.6. The van der Waals surface area contributed by atoms with E-state index in [0.29, 0.717) is 6.42 Å². The molecule has 4 heteroatoms. The second-order valence-corrected chi connectivity index (χ2v) is 3.65. The zero-order valence-electron chi connectivity index (χ0n) is 8.67. The van der Waals surface area contributed by atoms with Crippen LogP contribution in [-0.2, 0) is 9.08 Å².